The molecule has 1 atom stereocenters. The average Bonchev–Trinajstić information content (AvgIpc) is 3.00. The maximum atomic E-state index is 5.45. The predicted octanol–water partition coefficient (Wildman–Crippen LogP) is 3.47. The lowest BCUT2D eigenvalue weighted by molar-refractivity contribution is 0.354. The van der Waals surface area contributed by atoms with Crippen molar-refractivity contribution in [3.05, 3.63) is 40.1 Å². The van der Waals surface area contributed by atoms with E-state index in [9.17, 15) is 0 Å². The van der Waals surface area contributed by atoms with Crippen LogP contribution in [-0.4, -0.2) is 27.9 Å². The fourth-order valence-corrected chi connectivity index (χ4v) is 3.25. The van der Waals surface area contributed by atoms with Crippen LogP contribution in [-0.2, 0) is 0 Å². The SMILES string of the molecule is CCNC(c1ccc(OC)c(OC)c1)c1sccc1OC. The van der Waals surface area contributed by atoms with E-state index < -0.39 is 0 Å². The van der Waals surface area contributed by atoms with Crippen LogP contribution in [0.2, 0.25) is 0 Å². The highest BCUT2D eigenvalue weighted by Crippen LogP contribution is 2.37. The molecule has 0 aliphatic rings. The molecule has 0 aliphatic carbocycles. The highest BCUT2D eigenvalue weighted by Gasteiger charge is 2.20. The summed E-state index contributed by atoms with van der Waals surface area (Å²) in [5.74, 6) is 2.36. The Labute approximate surface area is 129 Å². The van der Waals surface area contributed by atoms with Crippen molar-refractivity contribution in [3.8, 4) is 17.2 Å². The third kappa shape index (κ3) is 3.31. The molecule has 0 amide bonds. The number of hydrogen-bond acceptors (Lipinski definition) is 5. The Balaban J connectivity index is 2.43. The summed E-state index contributed by atoms with van der Waals surface area (Å²) < 4.78 is 16.1. The first-order chi connectivity index (χ1) is 10.2. The van der Waals surface area contributed by atoms with Crippen LogP contribution in [0.25, 0.3) is 0 Å². The second kappa shape index (κ2) is 7.33. The molecule has 1 aromatic heterocycles. The molecule has 114 valence electrons. The maximum Gasteiger partial charge on any atom is 0.161 e. The van der Waals surface area contributed by atoms with Gasteiger partial charge in [0.05, 0.1) is 32.2 Å². The van der Waals surface area contributed by atoms with Gasteiger partial charge in [0.1, 0.15) is 5.75 Å². The van der Waals surface area contributed by atoms with E-state index in [-0.39, 0.29) is 6.04 Å². The van der Waals surface area contributed by atoms with Crippen molar-refractivity contribution in [2.75, 3.05) is 27.9 Å². The topological polar surface area (TPSA) is 39.7 Å². The molecule has 1 aromatic carbocycles. The van der Waals surface area contributed by atoms with Gasteiger partial charge in [-0.05, 0) is 35.7 Å². The second-order valence-electron chi connectivity index (χ2n) is 4.46. The molecule has 5 heteroatoms. The van der Waals surface area contributed by atoms with Crippen LogP contribution in [0, 0.1) is 0 Å². The van der Waals surface area contributed by atoms with E-state index in [1.54, 1.807) is 32.7 Å². The van der Waals surface area contributed by atoms with Crippen molar-refractivity contribution >= 4 is 11.3 Å². The molecule has 1 N–H and O–H groups in total. The van der Waals surface area contributed by atoms with E-state index >= 15 is 0 Å². The molecule has 2 aromatic rings. The molecule has 1 heterocycles. The van der Waals surface area contributed by atoms with Crippen molar-refractivity contribution in [1.82, 2.24) is 5.32 Å². The lowest BCUT2D eigenvalue weighted by atomic mass is 10.0. The highest BCUT2D eigenvalue weighted by atomic mass is 32.1. The lowest BCUT2D eigenvalue weighted by Gasteiger charge is -2.20. The average molecular weight is 307 g/mol. The molecule has 0 saturated carbocycles. The molecule has 4 nitrogen and oxygen atoms in total. The van der Waals surface area contributed by atoms with Gasteiger partial charge in [-0.15, -0.1) is 11.3 Å². The standard InChI is InChI=1S/C16H21NO3S/c1-5-17-15(16-13(19-3)8-9-21-16)11-6-7-12(18-2)14(10-11)20-4/h6-10,15,17H,5H2,1-4H3. The first-order valence-electron chi connectivity index (χ1n) is 6.81. The number of nitrogens with one attached hydrogen (secondary N) is 1. The Kier molecular flexibility index (Phi) is 5.47. The molecule has 1 unspecified atom stereocenters. The van der Waals surface area contributed by atoms with Gasteiger partial charge < -0.3 is 19.5 Å². The van der Waals surface area contributed by atoms with Crippen LogP contribution in [0.4, 0.5) is 0 Å². The minimum atomic E-state index is 0.0738. The maximum absolute atomic E-state index is 5.45. The van der Waals surface area contributed by atoms with Crippen molar-refractivity contribution in [1.29, 1.82) is 0 Å². The van der Waals surface area contributed by atoms with Crippen LogP contribution in [0.5, 0.6) is 17.2 Å². The predicted molar refractivity (Wildman–Crippen MR) is 85.9 cm³/mol. The van der Waals surface area contributed by atoms with E-state index in [0.717, 1.165) is 34.2 Å². The smallest absolute Gasteiger partial charge is 0.161 e. The second-order valence-corrected chi connectivity index (χ2v) is 5.41. The van der Waals surface area contributed by atoms with Gasteiger partial charge in [0.15, 0.2) is 11.5 Å². The minimum absolute atomic E-state index is 0.0738. The zero-order chi connectivity index (χ0) is 15.2. The molecule has 0 spiro atoms. The Bertz CT molecular complexity index is 583. The quantitative estimate of drug-likeness (QED) is 0.850. The summed E-state index contributed by atoms with van der Waals surface area (Å²) in [6.07, 6.45) is 0. The van der Waals surface area contributed by atoms with Crippen LogP contribution in [0.3, 0.4) is 0 Å². The molecule has 0 aliphatic heterocycles. The van der Waals surface area contributed by atoms with Crippen LogP contribution < -0.4 is 19.5 Å². The van der Waals surface area contributed by atoms with Crippen LogP contribution in [0.15, 0.2) is 29.6 Å². The van der Waals surface area contributed by atoms with E-state index in [2.05, 4.69) is 12.2 Å². The summed E-state index contributed by atoms with van der Waals surface area (Å²) in [6.45, 7) is 2.95. The Morgan fingerprint density at radius 3 is 2.33 bits per heavy atom. The van der Waals surface area contributed by atoms with Gasteiger partial charge in [-0.25, -0.2) is 0 Å². The molecule has 2 rings (SSSR count). The number of methoxy groups -OCH3 is 3. The molecule has 21 heavy (non-hydrogen) atoms. The largest absolute Gasteiger partial charge is 0.496 e. The van der Waals surface area contributed by atoms with E-state index in [1.165, 1.54) is 0 Å². The summed E-state index contributed by atoms with van der Waals surface area (Å²) in [6, 6.07) is 8.05. The van der Waals surface area contributed by atoms with Gasteiger partial charge in [0.25, 0.3) is 0 Å². The number of ether oxygens (including phenoxy) is 3. The molecular formula is C16H21NO3S. The van der Waals surface area contributed by atoms with E-state index in [4.69, 9.17) is 14.2 Å². The number of rotatable bonds is 7. The van der Waals surface area contributed by atoms with Crippen molar-refractivity contribution in [3.63, 3.8) is 0 Å². The zero-order valence-electron chi connectivity index (χ0n) is 12.8. The number of thiophene rings is 1. The van der Waals surface area contributed by atoms with Gasteiger partial charge in [0, 0.05) is 0 Å². The Morgan fingerprint density at radius 1 is 1.00 bits per heavy atom. The Hall–Kier alpha value is -1.72. The highest BCUT2D eigenvalue weighted by molar-refractivity contribution is 7.10. The molecule has 0 fully saturated rings. The van der Waals surface area contributed by atoms with Crippen LogP contribution >= 0.6 is 11.3 Å². The molecular weight excluding hydrogens is 286 g/mol. The van der Waals surface area contributed by atoms with Gasteiger partial charge in [0.2, 0.25) is 0 Å². The summed E-state index contributed by atoms with van der Waals surface area (Å²) in [5.41, 5.74) is 1.12. The first-order valence-corrected chi connectivity index (χ1v) is 7.69. The monoisotopic (exact) mass is 307 g/mol. The van der Waals surface area contributed by atoms with Gasteiger partial charge >= 0.3 is 0 Å². The Morgan fingerprint density at radius 2 is 1.71 bits per heavy atom. The summed E-state index contributed by atoms with van der Waals surface area (Å²) in [7, 11) is 4.99. The van der Waals surface area contributed by atoms with E-state index in [1.807, 2.05) is 29.6 Å². The summed E-state index contributed by atoms with van der Waals surface area (Å²) in [4.78, 5) is 1.16. The third-order valence-corrected chi connectivity index (χ3v) is 4.25. The van der Waals surface area contributed by atoms with Crippen molar-refractivity contribution < 1.29 is 14.2 Å². The zero-order valence-corrected chi connectivity index (χ0v) is 13.6. The normalized spacial score (nSPS) is 12.0. The fourth-order valence-electron chi connectivity index (χ4n) is 2.29. The van der Waals surface area contributed by atoms with Crippen molar-refractivity contribution in [2.24, 2.45) is 0 Å². The van der Waals surface area contributed by atoms with Crippen LogP contribution in [0.1, 0.15) is 23.4 Å². The molecule has 0 saturated heterocycles. The molecule has 0 radical (unpaired) electrons. The molecule has 0 bridgehead atoms. The fraction of sp³-hybridized carbons (Fsp3) is 0.375. The lowest BCUT2D eigenvalue weighted by Crippen LogP contribution is -2.21. The summed E-state index contributed by atoms with van der Waals surface area (Å²) >= 11 is 1.68. The van der Waals surface area contributed by atoms with Crippen molar-refractivity contribution in [2.45, 2.75) is 13.0 Å². The minimum Gasteiger partial charge on any atom is -0.496 e. The van der Waals surface area contributed by atoms with Gasteiger partial charge in [-0.3, -0.25) is 0 Å². The first kappa shape index (κ1) is 15.7. The van der Waals surface area contributed by atoms with Gasteiger partial charge in [-0.1, -0.05) is 13.0 Å². The van der Waals surface area contributed by atoms with E-state index in [0.29, 0.717) is 0 Å². The number of hydrogen-bond donors (Lipinski definition) is 1. The third-order valence-electron chi connectivity index (χ3n) is 3.29. The number of benzene rings is 1. The summed E-state index contributed by atoms with van der Waals surface area (Å²) in [5, 5.41) is 5.54. The van der Waals surface area contributed by atoms with Gasteiger partial charge in [-0.2, -0.15) is 0 Å².